The predicted octanol–water partition coefficient (Wildman–Crippen LogP) is 20.3. The zero-order chi connectivity index (χ0) is 56.8. The van der Waals surface area contributed by atoms with Crippen LogP contribution in [0.1, 0.15) is 44.5 Å². The van der Waals surface area contributed by atoms with E-state index in [0.717, 1.165) is 101 Å². The molecule has 0 saturated carbocycles. The molecule has 16 aromatic rings. The first-order valence-electron chi connectivity index (χ1n) is 29.2. The predicted molar refractivity (Wildman–Crippen MR) is 354 cm³/mol. The Morgan fingerprint density at radius 1 is 0.238 bits per heavy atom. The fraction of sp³-hybridized carbons (Fsp3) is 0.103. The Labute approximate surface area is 487 Å². The lowest BCUT2D eigenvalue weighted by molar-refractivity contribution is 1.04. The van der Waals surface area contributed by atoms with Crippen LogP contribution in [0, 0.1) is 55.4 Å². The van der Waals surface area contributed by atoms with Crippen LogP contribution in [0.4, 0.5) is 0 Å². The molecular weight excluding hydrogens is 1020 g/mol. The molecule has 6 heteroatoms. The molecule has 10 aromatic carbocycles. The van der Waals surface area contributed by atoms with E-state index in [1.807, 2.05) is 12.3 Å². The van der Waals surface area contributed by atoms with E-state index in [1.54, 1.807) is 0 Å². The zero-order valence-electron chi connectivity index (χ0n) is 48.5. The van der Waals surface area contributed by atoms with Crippen molar-refractivity contribution in [2.24, 2.45) is 0 Å². The Morgan fingerprint density at radius 3 is 0.786 bits per heavy atom. The Morgan fingerprint density at radius 2 is 0.500 bits per heavy atom. The van der Waals surface area contributed by atoms with Crippen LogP contribution in [0.2, 0.25) is 0 Å². The van der Waals surface area contributed by atoms with Crippen molar-refractivity contribution < 1.29 is 0 Å². The number of aromatic nitrogens is 6. The van der Waals surface area contributed by atoms with Crippen LogP contribution >= 0.6 is 0 Å². The van der Waals surface area contributed by atoms with E-state index >= 15 is 0 Å². The number of aryl methyl sites for hydroxylation is 8. The van der Waals surface area contributed by atoms with Crippen LogP contribution in [-0.4, -0.2) is 28.2 Å². The van der Waals surface area contributed by atoms with E-state index < -0.39 is 0 Å². The molecule has 0 aliphatic carbocycles. The number of hydrogen-bond acceptors (Lipinski definition) is 2. The lowest BCUT2D eigenvalue weighted by atomic mass is 9.93. The highest BCUT2D eigenvalue weighted by Gasteiger charge is 2.36. The highest BCUT2D eigenvalue weighted by molar-refractivity contribution is 6.19. The third-order valence-corrected chi connectivity index (χ3v) is 17.6. The smallest absolute Gasteiger partial charge is 0.0827 e. The minimum atomic E-state index is 0.833. The molecule has 6 heterocycles. The van der Waals surface area contributed by atoms with Gasteiger partial charge in [-0.1, -0.05) is 136 Å². The van der Waals surface area contributed by atoms with Crippen molar-refractivity contribution in [3.05, 3.63) is 263 Å². The first-order chi connectivity index (χ1) is 40.9. The van der Waals surface area contributed by atoms with E-state index in [4.69, 9.17) is 9.97 Å². The van der Waals surface area contributed by atoms with Gasteiger partial charge in [-0.25, -0.2) is 4.98 Å². The molecule has 0 fully saturated rings. The molecule has 0 atom stereocenters. The second kappa shape index (κ2) is 18.6. The van der Waals surface area contributed by atoms with Crippen molar-refractivity contribution in [1.29, 1.82) is 0 Å². The monoisotopic (exact) mass is 1080 g/mol. The molecule has 0 spiro atoms. The average molecular weight is 1080 g/mol. The van der Waals surface area contributed by atoms with Crippen molar-refractivity contribution in [3.63, 3.8) is 0 Å². The summed E-state index contributed by atoms with van der Waals surface area (Å²) in [5.41, 5.74) is 27.9. The first kappa shape index (κ1) is 49.5. The van der Waals surface area contributed by atoms with Crippen molar-refractivity contribution in [3.8, 4) is 56.5 Å². The third-order valence-electron chi connectivity index (χ3n) is 17.6. The SMILES string of the molecule is Cc1ccc2c(c1)c1cc(C)ccc1n2-c1c(-c2ccccn2)c(-n2c3ccc(C)cc3c3cc(C)ccc32)c(-n2c3ccc(C)cc3c3cc(C)ccc32)c(-c2cccc(-c3ccccc3)n2)c1-n1c2ccc(C)cc2c2cc(C)ccc21. The molecule has 402 valence electrons. The standard InChI is InChI=1S/C78H60N6/c1-45-20-28-65-54(37-45)55-38-46(2)21-29-66(55)81(65)75-73(63-17-12-13-36-79-63)76(82-67-30-22-47(3)39-56(67)57-40-48(4)23-31-68(57)82)78(84-71-34-26-51(7)43-60(71)61-44-52(8)27-35-72(61)84)74(64-19-14-18-62(80-64)53-15-10-9-11-16-53)77(75)83-69-32-24-49(5)41-58(69)59-42-50(6)25-33-70(59)83/h9-44H,1-8H3. The number of hydrogen-bond donors (Lipinski definition) is 0. The summed E-state index contributed by atoms with van der Waals surface area (Å²) < 4.78 is 10.3. The maximum Gasteiger partial charge on any atom is 0.0827 e. The van der Waals surface area contributed by atoms with Crippen LogP contribution in [0.5, 0.6) is 0 Å². The molecule has 6 aromatic heterocycles. The molecule has 0 aliphatic rings. The number of benzene rings is 10. The molecule has 16 rings (SSSR count). The molecule has 0 N–H and O–H groups in total. The molecule has 0 aliphatic heterocycles. The van der Waals surface area contributed by atoms with Gasteiger partial charge in [0, 0.05) is 54.9 Å². The fourth-order valence-corrected chi connectivity index (χ4v) is 13.9. The van der Waals surface area contributed by atoms with E-state index in [-0.39, 0.29) is 0 Å². The number of rotatable bonds is 7. The van der Waals surface area contributed by atoms with E-state index in [9.17, 15) is 0 Å². The van der Waals surface area contributed by atoms with Gasteiger partial charge in [0.15, 0.2) is 0 Å². The molecular formula is C78H60N6. The molecule has 0 saturated heterocycles. The summed E-state index contributed by atoms with van der Waals surface area (Å²) in [6.07, 6.45) is 1.97. The van der Waals surface area contributed by atoms with Gasteiger partial charge in [-0.2, -0.15) is 0 Å². The topological polar surface area (TPSA) is 45.5 Å². The van der Waals surface area contributed by atoms with E-state index in [2.05, 4.69) is 280 Å². The molecule has 84 heavy (non-hydrogen) atoms. The number of pyridine rings is 2. The largest absolute Gasteiger partial charge is 0.306 e. The highest BCUT2D eigenvalue weighted by Crippen LogP contribution is 2.54. The quantitative estimate of drug-likeness (QED) is 0.160. The maximum absolute atomic E-state index is 6.01. The second-order valence-electron chi connectivity index (χ2n) is 23.6. The highest BCUT2D eigenvalue weighted by atomic mass is 15.1. The Bertz CT molecular complexity index is 4940. The average Bonchev–Trinajstić information content (AvgIpc) is 1.42. The second-order valence-corrected chi connectivity index (χ2v) is 23.6. The summed E-state index contributed by atoms with van der Waals surface area (Å²) in [6, 6.07) is 79.7. The summed E-state index contributed by atoms with van der Waals surface area (Å²) in [5, 5.41) is 9.49. The van der Waals surface area contributed by atoms with Crippen molar-refractivity contribution in [1.82, 2.24) is 28.2 Å². The minimum Gasteiger partial charge on any atom is -0.306 e. The molecule has 0 amide bonds. The van der Waals surface area contributed by atoms with Crippen molar-refractivity contribution in [2.45, 2.75) is 55.4 Å². The van der Waals surface area contributed by atoms with Gasteiger partial charge in [-0.05, 0) is 177 Å². The van der Waals surface area contributed by atoms with E-state index in [1.165, 1.54) is 87.6 Å². The summed E-state index contributed by atoms with van der Waals surface area (Å²) in [4.78, 5) is 11.6. The number of nitrogens with zero attached hydrogens (tertiary/aromatic N) is 6. The van der Waals surface area contributed by atoms with Gasteiger partial charge in [0.05, 0.1) is 95.1 Å². The lowest BCUT2D eigenvalue weighted by Gasteiger charge is -2.31. The van der Waals surface area contributed by atoms with Gasteiger partial charge in [-0.15, -0.1) is 0 Å². The van der Waals surface area contributed by atoms with Gasteiger partial charge < -0.3 is 18.3 Å². The van der Waals surface area contributed by atoms with Gasteiger partial charge in [-0.3, -0.25) is 4.98 Å². The summed E-state index contributed by atoms with van der Waals surface area (Å²) >= 11 is 0. The molecule has 6 nitrogen and oxygen atoms in total. The zero-order valence-corrected chi connectivity index (χ0v) is 48.5. The summed E-state index contributed by atoms with van der Waals surface area (Å²) in [6.45, 7) is 17.7. The van der Waals surface area contributed by atoms with Crippen molar-refractivity contribution in [2.75, 3.05) is 0 Å². The molecule has 0 radical (unpaired) electrons. The van der Waals surface area contributed by atoms with E-state index in [0.29, 0.717) is 0 Å². The van der Waals surface area contributed by atoms with Crippen LogP contribution < -0.4 is 0 Å². The lowest BCUT2D eigenvalue weighted by Crippen LogP contribution is -2.16. The van der Waals surface area contributed by atoms with Crippen LogP contribution in [0.15, 0.2) is 219 Å². The van der Waals surface area contributed by atoms with Crippen LogP contribution in [0.3, 0.4) is 0 Å². The van der Waals surface area contributed by atoms with Gasteiger partial charge in [0.2, 0.25) is 0 Å². The van der Waals surface area contributed by atoms with Gasteiger partial charge in [0.25, 0.3) is 0 Å². The Hall–Kier alpha value is -10.3. The molecule has 0 bridgehead atoms. The minimum absolute atomic E-state index is 0.833. The Kier molecular flexibility index (Phi) is 11.0. The Balaban J connectivity index is 1.30. The van der Waals surface area contributed by atoms with Gasteiger partial charge in [0.1, 0.15) is 0 Å². The number of fused-ring (bicyclic) bond motifs is 12. The third kappa shape index (κ3) is 7.43. The first-order valence-corrected chi connectivity index (χ1v) is 29.2. The maximum atomic E-state index is 6.01. The molecule has 0 unspecified atom stereocenters. The normalized spacial score (nSPS) is 12.0. The summed E-state index contributed by atoms with van der Waals surface area (Å²) in [7, 11) is 0. The fourth-order valence-electron chi connectivity index (χ4n) is 13.9. The van der Waals surface area contributed by atoms with Crippen LogP contribution in [-0.2, 0) is 0 Å². The summed E-state index contributed by atoms with van der Waals surface area (Å²) in [5.74, 6) is 0. The van der Waals surface area contributed by atoms with Crippen molar-refractivity contribution >= 4 is 87.2 Å². The van der Waals surface area contributed by atoms with Gasteiger partial charge >= 0.3 is 0 Å². The van der Waals surface area contributed by atoms with Crippen LogP contribution in [0.25, 0.3) is 144 Å².